The molecule has 2 unspecified atom stereocenters. The molecule has 3 N–H and O–H groups in total. The first kappa shape index (κ1) is 11.6. The van der Waals surface area contributed by atoms with Crippen molar-refractivity contribution in [1.29, 1.82) is 0 Å². The van der Waals surface area contributed by atoms with Crippen molar-refractivity contribution in [3.63, 3.8) is 0 Å². The first-order chi connectivity index (χ1) is 7.79. The molecule has 1 fully saturated rings. The van der Waals surface area contributed by atoms with E-state index in [1.807, 2.05) is 0 Å². The Morgan fingerprint density at radius 1 is 1.38 bits per heavy atom. The summed E-state index contributed by atoms with van der Waals surface area (Å²) in [4.78, 5) is 0. The number of aryl methyl sites for hydroxylation is 1. The van der Waals surface area contributed by atoms with Gasteiger partial charge in [0.25, 0.3) is 0 Å². The van der Waals surface area contributed by atoms with E-state index in [1.54, 1.807) is 0 Å². The molecule has 88 valence electrons. The molecule has 0 radical (unpaired) electrons. The van der Waals surface area contributed by atoms with Gasteiger partial charge < -0.3 is 11.1 Å². The van der Waals surface area contributed by atoms with Crippen LogP contribution in [0.25, 0.3) is 0 Å². The highest BCUT2D eigenvalue weighted by Crippen LogP contribution is 2.23. The first-order valence-corrected chi connectivity index (χ1v) is 6.34. The minimum atomic E-state index is 0.204. The second-order valence-corrected chi connectivity index (χ2v) is 4.80. The number of hydrogen-bond acceptors (Lipinski definition) is 2. The van der Waals surface area contributed by atoms with E-state index < -0.39 is 0 Å². The maximum atomic E-state index is 6.24. The van der Waals surface area contributed by atoms with Gasteiger partial charge in [-0.2, -0.15) is 0 Å². The number of benzene rings is 1. The van der Waals surface area contributed by atoms with Crippen LogP contribution in [0.15, 0.2) is 24.3 Å². The molecule has 0 saturated carbocycles. The lowest BCUT2D eigenvalue weighted by Crippen LogP contribution is -2.17. The van der Waals surface area contributed by atoms with E-state index in [4.69, 9.17) is 5.73 Å². The summed E-state index contributed by atoms with van der Waals surface area (Å²) in [5, 5.41) is 3.39. The fourth-order valence-corrected chi connectivity index (χ4v) is 2.41. The van der Waals surface area contributed by atoms with Gasteiger partial charge in [0.1, 0.15) is 0 Å². The lowest BCUT2D eigenvalue weighted by atomic mass is 9.94. The molecule has 1 aliphatic heterocycles. The predicted molar refractivity (Wildman–Crippen MR) is 68.3 cm³/mol. The van der Waals surface area contributed by atoms with Gasteiger partial charge in [-0.1, -0.05) is 31.2 Å². The topological polar surface area (TPSA) is 38.0 Å². The smallest absolute Gasteiger partial charge is 0.0297 e. The molecule has 2 nitrogen and oxygen atoms in total. The van der Waals surface area contributed by atoms with E-state index in [9.17, 15) is 0 Å². The van der Waals surface area contributed by atoms with Gasteiger partial charge in [-0.25, -0.2) is 0 Å². The molecule has 0 spiro atoms. The third-order valence-electron chi connectivity index (χ3n) is 3.57. The Kier molecular flexibility index (Phi) is 3.97. The van der Waals surface area contributed by atoms with Crippen molar-refractivity contribution in [1.82, 2.24) is 5.32 Å². The Morgan fingerprint density at radius 3 is 2.69 bits per heavy atom. The van der Waals surface area contributed by atoms with E-state index >= 15 is 0 Å². The molecule has 1 aromatic rings. The highest BCUT2D eigenvalue weighted by molar-refractivity contribution is 5.24. The van der Waals surface area contributed by atoms with Crippen molar-refractivity contribution in [3.8, 4) is 0 Å². The minimum absolute atomic E-state index is 0.204. The highest BCUT2D eigenvalue weighted by Gasteiger charge is 2.18. The SMILES string of the molecule is CCc1ccc(C(N)CC2CCNC2)cc1. The Bertz CT molecular complexity index is 312. The summed E-state index contributed by atoms with van der Waals surface area (Å²) in [6.07, 6.45) is 3.49. The number of nitrogens with two attached hydrogens (primary N) is 1. The van der Waals surface area contributed by atoms with Crippen LogP contribution in [0.4, 0.5) is 0 Å². The van der Waals surface area contributed by atoms with Crippen LogP contribution in [-0.4, -0.2) is 13.1 Å². The summed E-state index contributed by atoms with van der Waals surface area (Å²) in [7, 11) is 0. The van der Waals surface area contributed by atoms with Crippen LogP contribution in [0.2, 0.25) is 0 Å². The summed E-state index contributed by atoms with van der Waals surface area (Å²) in [6.45, 7) is 4.48. The molecule has 1 heterocycles. The average Bonchev–Trinajstić information content (AvgIpc) is 2.82. The van der Waals surface area contributed by atoms with Crippen LogP contribution in [0.3, 0.4) is 0 Å². The largest absolute Gasteiger partial charge is 0.324 e. The Labute approximate surface area is 98.2 Å². The van der Waals surface area contributed by atoms with Crippen molar-refractivity contribution in [2.45, 2.75) is 32.2 Å². The van der Waals surface area contributed by atoms with E-state index in [0.29, 0.717) is 0 Å². The summed E-state index contributed by atoms with van der Waals surface area (Å²) < 4.78 is 0. The van der Waals surface area contributed by atoms with Gasteiger partial charge >= 0.3 is 0 Å². The number of rotatable bonds is 4. The summed E-state index contributed by atoms with van der Waals surface area (Å²) in [5.74, 6) is 0.765. The van der Waals surface area contributed by atoms with E-state index in [2.05, 4.69) is 36.5 Å². The van der Waals surface area contributed by atoms with Gasteiger partial charge in [0, 0.05) is 6.04 Å². The molecule has 2 atom stereocenters. The maximum Gasteiger partial charge on any atom is 0.0297 e. The fraction of sp³-hybridized carbons (Fsp3) is 0.571. The second-order valence-electron chi connectivity index (χ2n) is 4.80. The normalized spacial score (nSPS) is 22.2. The Morgan fingerprint density at radius 2 is 2.12 bits per heavy atom. The molecule has 0 bridgehead atoms. The van der Waals surface area contributed by atoms with Gasteiger partial charge in [0.05, 0.1) is 0 Å². The third kappa shape index (κ3) is 2.83. The van der Waals surface area contributed by atoms with Crippen LogP contribution >= 0.6 is 0 Å². The zero-order valence-corrected chi connectivity index (χ0v) is 10.1. The number of hydrogen-bond donors (Lipinski definition) is 2. The van der Waals surface area contributed by atoms with Crippen LogP contribution in [-0.2, 0) is 6.42 Å². The molecule has 16 heavy (non-hydrogen) atoms. The summed E-state index contributed by atoms with van der Waals surface area (Å²) in [6, 6.07) is 8.97. The van der Waals surface area contributed by atoms with Gasteiger partial charge in [0.2, 0.25) is 0 Å². The summed E-state index contributed by atoms with van der Waals surface area (Å²) >= 11 is 0. The van der Waals surface area contributed by atoms with Gasteiger partial charge in [-0.15, -0.1) is 0 Å². The van der Waals surface area contributed by atoms with E-state index in [0.717, 1.165) is 31.8 Å². The molecule has 1 aliphatic rings. The predicted octanol–water partition coefficient (Wildman–Crippen LogP) is 2.25. The van der Waals surface area contributed by atoms with Crippen molar-refractivity contribution >= 4 is 0 Å². The summed E-state index contributed by atoms with van der Waals surface area (Å²) in [5.41, 5.74) is 8.91. The Balaban J connectivity index is 1.94. The van der Waals surface area contributed by atoms with Crippen LogP contribution < -0.4 is 11.1 Å². The average molecular weight is 218 g/mol. The number of nitrogens with one attached hydrogen (secondary N) is 1. The van der Waals surface area contributed by atoms with E-state index in [1.165, 1.54) is 17.5 Å². The lowest BCUT2D eigenvalue weighted by Gasteiger charge is -2.16. The lowest BCUT2D eigenvalue weighted by molar-refractivity contribution is 0.473. The molecular formula is C14H22N2. The monoisotopic (exact) mass is 218 g/mol. The quantitative estimate of drug-likeness (QED) is 0.813. The van der Waals surface area contributed by atoms with Gasteiger partial charge in [-0.3, -0.25) is 0 Å². The van der Waals surface area contributed by atoms with Crippen molar-refractivity contribution < 1.29 is 0 Å². The first-order valence-electron chi connectivity index (χ1n) is 6.34. The maximum absolute atomic E-state index is 6.24. The molecule has 1 aromatic carbocycles. The Hall–Kier alpha value is -0.860. The zero-order valence-electron chi connectivity index (χ0n) is 10.1. The van der Waals surface area contributed by atoms with Gasteiger partial charge in [0.15, 0.2) is 0 Å². The zero-order chi connectivity index (χ0) is 11.4. The molecule has 0 aliphatic carbocycles. The standard InChI is InChI=1S/C14H22N2/c1-2-11-3-5-13(6-4-11)14(15)9-12-7-8-16-10-12/h3-6,12,14,16H,2,7-10,15H2,1H3. The molecule has 0 aromatic heterocycles. The highest BCUT2D eigenvalue weighted by atomic mass is 14.9. The third-order valence-corrected chi connectivity index (χ3v) is 3.57. The molecule has 0 amide bonds. The van der Waals surface area contributed by atoms with Crippen molar-refractivity contribution in [2.75, 3.05) is 13.1 Å². The van der Waals surface area contributed by atoms with Crippen molar-refractivity contribution in [3.05, 3.63) is 35.4 Å². The molecular weight excluding hydrogens is 196 g/mol. The van der Waals surface area contributed by atoms with Crippen LogP contribution in [0.1, 0.15) is 36.9 Å². The molecule has 2 rings (SSSR count). The fourth-order valence-electron chi connectivity index (χ4n) is 2.41. The van der Waals surface area contributed by atoms with Crippen LogP contribution in [0.5, 0.6) is 0 Å². The second kappa shape index (κ2) is 5.46. The van der Waals surface area contributed by atoms with E-state index in [-0.39, 0.29) is 6.04 Å². The molecule has 2 heteroatoms. The van der Waals surface area contributed by atoms with Crippen LogP contribution in [0, 0.1) is 5.92 Å². The van der Waals surface area contributed by atoms with Gasteiger partial charge in [-0.05, 0) is 49.4 Å². The molecule has 1 saturated heterocycles. The minimum Gasteiger partial charge on any atom is -0.324 e. The van der Waals surface area contributed by atoms with Crippen molar-refractivity contribution in [2.24, 2.45) is 11.7 Å².